The number of ether oxygens (including phenoxy) is 1. The number of nitrogens with zero attached hydrogens (tertiary/aromatic N) is 2. The molecule has 0 aliphatic carbocycles. The van der Waals surface area contributed by atoms with Crippen LogP contribution in [0.25, 0.3) is 10.8 Å². The van der Waals surface area contributed by atoms with E-state index in [1.165, 1.54) is 8.61 Å². The monoisotopic (exact) mass is 376 g/mol. The number of aliphatic hydroxyl groups excluding tert-OH is 1. The van der Waals surface area contributed by atoms with E-state index in [0.717, 1.165) is 16.3 Å². The van der Waals surface area contributed by atoms with Gasteiger partial charge in [-0.25, -0.2) is 0 Å². The maximum absolute atomic E-state index is 12.8. The molecule has 2 atom stereocenters. The van der Waals surface area contributed by atoms with Crippen LogP contribution in [-0.4, -0.2) is 67.6 Å². The van der Waals surface area contributed by atoms with E-state index in [4.69, 9.17) is 4.74 Å². The average Bonchev–Trinajstić information content (AvgIpc) is 2.68. The zero-order valence-electron chi connectivity index (χ0n) is 14.6. The van der Waals surface area contributed by atoms with Crippen LogP contribution < -0.4 is 0 Å². The van der Waals surface area contributed by atoms with Crippen molar-refractivity contribution in [1.29, 1.82) is 0 Å². The van der Waals surface area contributed by atoms with Crippen molar-refractivity contribution in [2.45, 2.75) is 18.4 Å². The molecular formula is C19H24N2O4S. The first kappa shape index (κ1) is 17.9. The van der Waals surface area contributed by atoms with Gasteiger partial charge >= 0.3 is 0 Å². The Hall–Kier alpha value is -1.51. The lowest BCUT2D eigenvalue weighted by molar-refractivity contribution is 0.0603. The summed E-state index contributed by atoms with van der Waals surface area (Å²) in [4.78, 5) is 0. The number of hydrogen-bond acceptors (Lipinski definition) is 4. The van der Waals surface area contributed by atoms with E-state index in [0.29, 0.717) is 39.3 Å². The first-order valence-electron chi connectivity index (χ1n) is 9.05. The third-order valence-electron chi connectivity index (χ3n) is 5.37. The Morgan fingerprint density at radius 1 is 0.962 bits per heavy atom. The van der Waals surface area contributed by atoms with E-state index >= 15 is 0 Å². The summed E-state index contributed by atoms with van der Waals surface area (Å²) >= 11 is 0. The van der Waals surface area contributed by atoms with Crippen LogP contribution in [0.2, 0.25) is 0 Å². The molecule has 0 amide bonds. The van der Waals surface area contributed by atoms with Gasteiger partial charge in [0.15, 0.2) is 0 Å². The van der Waals surface area contributed by atoms with E-state index in [2.05, 4.69) is 24.3 Å². The van der Waals surface area contributed by atoms with E-state index < -0.39 is 16.3 Å². The quantitative estimate of drug-likeness (QED) is 0.883. The summed E-state index contributed by atoms with van der Waals surface area (Å²) in [6.07, 6.45) is -0.0935. The van der Waals surface area contributed by atoms with Gasteiger partial charge < -0.3 is 9.84 Å². The van der Waals surface area contributed by atoms with E-state index in [-0.39, 0.29) is 12.5 Å². The number of rotatable bonds is 3. The van der Waals surface area contributed by atoms with Crippen LogP contribution in [0.1, 0.15) is 17.9 Å². The van der Waals surface area contributed by atoms with Gasteiger partial charge in [0, 0.05) is 32.1 Å². The molecular weight excluding hydrogens is 352 g/mol. The first-order valence-corrected chi connectivity index (χ1v) is 10.4. The summed E-state index contributed by atoms with van der Waals surface area (Å²) in [6.45, 7) is 2.17. The molecule has 2 aliphatic heterocycles. The molecule has 2 aliphatic rings. The molecule has 1 N–H and O–H groups in total. The molecule has 140 valence electrons. The van der Waals surface area contributed by atoms with Crippen molar-refractivity contribution in [1.82, 2.24) is 8.61 Å². The summed E-state index contributed by atoms with van der Waals surface area (Å²) in [7, 11) is -3.53. The lowest BCUT2D eigenvalue weighted by Crippen LogP contribution is -2.53. The summed E-state index contributed by atoms with van der Waals surface area (Å²) < 4.78 is 33.7. The summed E-state index contributed by atoms with van der Waals surface area (Å²) in [6, 6.07) is 14.3. The van der Waals surface area contributed by atoms with Crippen molar-refractivity contribution in [2.75, 3.05) is 39.4 Å². The van der Waals surface area contributed by atoms with Crippen LogP contribution >= 0.6 is 0 Å². The van der Waals surface area contributed by atoms with Crippen LogP contribution in [-0.2, 0) is 14.9 Å². The molecule has 0 spiro atoms. The smallest absolute Gasteiger partial charge is 0.282 e. The Morgan fingerprint density at radius 2 is 1.69 bits per heavy atom. The second kappa shape index (κ2) is 7.25. The molecule has 0 bridgehead atoms. The standard InChI is InChI=1S/C19H24N2O4S/c22-19-14-21(26(23,24)20-9-11-25-12-10-20)8-7-18(19)17-6-5-15-3-1-2-4-16(15)13-17/h1-6,13,18-19,22H,7-12,14H2/t18-,19+/m0/s1. The summed E-state index contributed by atoms with van der Waals surface area (Å²) in [5, 5.41) is 13.0. The van der Waals surface area contributed by atoms with Crippen molar-refractivity contribution in [3.05, 3.63) is 48.0 Å². The molecule has 2 fully saturated rings. The lowest BCUT2D eigenvalue weighted by Gasteiger charge is -2.38. The predicted molar refractivity (Wildman–Crippen MR) is 100 cm³/mol. The third kappa shape index (κ3) is 3.37. The van der Waals surface area contributed by atoms with Gasteiger partial charge in [-0.2, -0.15) is 17.0 Å². The SMILES string of the molecule is O=S(=O)(N1CCOCC1)N1CC[C@@H](c2ccc3ccccc3c2)[C@H](O)C1. The maximum atomic E-state index is 12.8. The Labute approximate surface area is 154 Å². The van der Waals surface area contributed by atoms with Crippen LogP contribution in [0.15, 0.2) is 42.5 Å². The van der Waals surface area contributed by atoms with Gasteiger partial charge in [-0.15, -0.1) is 0 Å². The molecule has 4 rings (SSSR count). The molecule has 2 aromatic carbocycles. The molecule has 6 nitrogen and oxygen atoms in total. The first-order chi connectivity index (χ1) is 12.6. The highest BCUT2D eigenvalue weighted by molar-refractivity contribution is 7.86. The van der Waals surface area contributed by atoms with Gasteiger partial charge in [-0.1, -0.05) is 42.5 Å². The van der Waals surface area contributed by atoms with Gasteiger partial charge in [0.05, 0.1) is 19.3 Å². The van der Waals surface area contributed by atoms with Gasteiger partial charge in [-0.3, -0.25) is 0 Å². The van der Waals surface area contributed by atoms with E-state index in [1.54, 1.807) is 0 Å². The molecule has 2 aromatic rings. The average molecular weight is 376 g/mol. The maximum Gasteiger partial charge on any atom is 0.282 e. The number of benzene rings is 2. The third-order valence-corrected chi connectivity index (χ3v) is 7.37. The van der Waals surface area contributed by atoms with Crippen molar-refractivity contribution in [3.63, 3.8) is 0 Å². The van der Waals surface area contributed by atoms with Gasteiger partial charge in [0.2, 0.25) is 0 Å². The second-order valence-corrected chi connectivity index (χ2v) is 8.87. The molecule has 0 unspecified atom stereocenters. The van der Waals surface area contributed by atoms with Crippen LogP contribution in [0.5, 0.6) is 0 Å². The number of aliphatic hydroxyl groups is 1. The zero-order chi connectivity index (χ0) is 18.1. The minimum atomic E-state index is -3.53. The second-order valence-electron chi connectivity index (χ2n) is 6.95. The molecule has 26 heavy (non-hydrogen) atoms. The van der Waals surface area contributed by atoms with Gasteiger partial charge in [-0.05, 0) is 22.8 Å². The molecule has 2 saturated heterocycles. The topological polar surface area (TPSA) is 70.1 Å². The normalized spacial score (nSPS) is 26.2. The number of fused-ring (bicyclic) bond motifs is 1. The van der Waals surface area contributed by atoms with Crippen LogP contribution in [0.3, 0.4) is 0 Å². The molecule has 0 aromatic heterocycles. The molecule has 0 saturated carbocycles. The summed E-state index contributed by atoms with van der Waals surface area (Å²) in [5.74, 6) is -0.0456. The van der Waals surface area contributed by atoms with Crippen molar-refractivity contribution < 1.29 is 18.3 Å². The van der Waals surface area contributed by atoms with E-state index in [1.807, 2.05) is 18.2 Å². The van der Waals surface area contributed by atoms with Crippen LogP contribution in [0, 0.1) is 0 Å². The van der Waals surface area contributed by atoms with Gasteiger partial charge in [0.25, 0.3) is 10.2 Å². The number of piperidine rings is 1. The van der Waals surface area contributed by atoms with E-state index in [9.17, 15) is 13.5 Å². The number of morpholine rings is 1. The highest BCUT2D eigenvalue weighted by Gasteiger charge is 2.38. The Morgan fingerprint density at radius 3 is 2.42 bits per heavy atom. The van der Waals surface area contributed by atoms with Gasteiger partial charge in [0.1, 0.15) is 0 Å². The van der Waals surface area contributed by atoms with Crippen molar-refractivity contribution >= 4 is 21.0 Å². The fraction of sp³-hybridized carbons (Fsp3) is 0.474. The highest BCUT2D eigenvalue weighted by Crippen LogP contribution is 2.32. The zero-order valence-corrected chi connectivity index (χ0v) is 15.4. The van der Waals surface area contributed by atoms with Crippen molar-refractivity contribution in [3.8, 4) is 0 Å². The lowest BCUT2D eigenvalue weighted by atomic mass is 9.87. The predicted octanol–water partition coefficient (Wildman–Crippen LogP) is 1.57. The summed E-state index contributed by atoms with van der Waals surface area (Å²) in [5.41, 5.74) is 1.07. The highest BCUT2D eigenvalue weighted by atomic mass is 32.2. The largest absolute Gasteiger partial charge is 0.391 e. The number of hydrogen-bond donors (Lipinski definition) is 1. The van der Waals surface area contributed by atoms with Crippen LogP contribution in [0.4, 0.5) is 0 Å². The van der Waals surface area contributed by atoms with Crippen molar-refractivity contribution in [2.24, 2.45) is 0 Å². The minimum absolute atomic E-state index is 0.0456. The number of β-amino-alcohol motifs (C(OH)–C–C–N with tert-alkyl or cyclic N) is 1. The Bertz CT molecular complexity index is 880. The Balaban J connectivity index is 1.50. The minimum Gasteiger partial charge on any atom is -0.391 e. The molecule has 2 heterocycles. The molecule has 0 radical (unpaired) electrons. The fourth-order valence-electron chi connectivity index (χ4n) is 3.88. The Kier molecular flexibility index (Phi) is 4.98. The molecule has 7 heteroatoms. The fourth-order valence-corrected chi connectivity index (χ4v) is 5.49.